The second-order valence-electron chi connectivity index (χ2n) is 7.38. The molecule has 3 aliphatic rings. The van der Waals surface area contributed by atoms with Crippen molar-refractivity contribution in [1.29, 1.82) is 0 Å². The third-order valence-electron chi connectivity index (χ3n) is 6.32. The molecule has 2 aliphatic carbocycles. The molecule has 1 heterocycles. The number of hydrogen-bond donors (Lipinski definition) is 2. The number of halogens is 1. The van der Waals surface area contributed by atoms with Crippen LogP contribution >= 0.6 is 15.9 Å². The number of imide groups is 1. The molecular weight excluding hydrogens is 392 g/mol. The number of benzene rings is 1. The van der Waals surface area contributed by atoms with Crippen LogP contribution in [0.4, 0.5) is 4.79 Å². The predicted octanol–water partition coefficient (Wildman–Crippen LogP) is 4.27. The maximum Gasteiger partial charge on any atom is 0.322 e. The zero-order valence-electron chi connectivity index (χ0n) is 14.5. The van der Waals surface area contributed by atoms with Gasteiger partial charge in [0.1, 0.15) is 0 Å². The molecule has 0 radical (unpaired) electrons. The normalized spacial score (nSPS) is 26.5. The van der Waals surface area contributed by atoms with E-state index in [0.717, 1.165) is 47.7 Å². The Labute approximate surface area is 161 Å². The summed E-state index contributed by atoms with van der Waals surface area (Å²) in [6.45, 7) is 7.89. The highest BCUT2D eigenvalue weighted by Crippen LogP contribution is 2.58. The third-order valence-corrected chi connectivity index (χ3v) is 6.81. The maximum atomic E-state index is 13.1. The average Bonchev–Trinajstić information content (AvgIpc) is 2.98. The topological polar surface area (TPSA) is 58.2 Å². The van der Waals surface area contributed by atoms with Crippen LogP contribution in [0.5, 0.6) is 0 Å². The lowest BCUT2D eigenvalue weighted by atomic mass is 9.65. The molecule has 4 nitrogen and oxygen atoms in total. The van der Waals surface area contributed by atoms with Gasteiger partial charge in [-0.15, -0.1) is 0 Å². The molecule has 1 aromatic carbocycles. The van der Waals surface area contributed by atoms with Gasteiger partial charge in [0.15, 0.2) is 5.54 Å². The summed E-state index contributed by atoms with van der Waals surface area (Å²) < 4.78 is 0.909. The van der Waals surface area contributed by atoms with Gasteiger partial charge in [-0.3, -0.25) is 10.1 Å². The van der Waals surface area contributed by atoms with Crippen LogP contribution in [0.2, 0.25) is 0 Å². The lowest BCUT2D eigenvalue weighted by Crippen LogP contribution is -2.55. The number of nitrogens with one attached hydrogen (secondary N) is 2. The fourth-order valence-electron chi connectivity index (χ4n) is 5.07. The van der Waals surface area contributed by atoms with E-state index in [1.807, 2.05) is 24.3 Å². The minimum absolute atomic E-state index is 0.235. The van der Waals surface area contributed by atoms with Crippen LogP contribution in [0.15, 0.2) is 59.1 Å². The maximum absolute atomic E-state index is 13.1. The van der Waals surface area contributed by atoms with Crippen molar-refractivity contribution >= 4 is 27.9 Å². The first-order chi connectivity index (χ1) is 12.5. The molecule has 4 rings (SSSR count). The SMILES string of the molecule is C=CC1=C(C=C)CCC2(CC1)Cc1ccc(Br)cc1C21NC(=O)NC1=O. The van der Waals surface area contributed by atoms with Crippen molar-refractivity contribution in [2.45, 2.75) is 37.6 Å². The Kier molecular flexibility index (Phi) is 3.95. The Bertz CT molecular complexity index is 864. The van der Waals surface area contributed by atoms with Gasteiger partial charge in [0.2, 0.25) is 0 Å². The minimum atomic E-state index is -1.01. The number of urea groups is 1. The molecule has 1 unspecified atom stereocenters. The standard InChI is InChI=1S/C21H21BrN2O2/c1-3-13-7-9-20(10-8-14(13)4-2)12-15-5-6-16(22)11-17(15)21(20)18(25)23-19(26)24-21/h3-6,11H,1-2,7-10,12H2,(H2,23,24,25,26). The third kappa shape index (κ3) is 2.19. The van der Waals surface area contributed by atoms with E-state index in [1.165, 1.54) is 11.1 Å². The van der Waals surface area contributed by atoms with E-state index in [-0.39, 0.29) is 11.3 Å². The molecule has 1 aliphatic heterocycles. The summed E-state index contributed by atoms with van der Waals surface area (Å²) in [7, 11) is 0. The van der Waals surface area contributed by atoms with Crippen LogP contribution in [-0.2, 0) is 16.8 Å². The molecule has 0 saturated carbocycles. The number of hydrogen-bond acceptors (Lipinski definition) is 2. The molecule has 2 N–H and O–H groups in total. The lowest BCUT2D eigenvalue weighted by Gasteiger charge is -2.41. The highest BCUT2D eigenvalue weighted by molar-refractivity contribution is 9.10. The molecule has 1 atom stereocenters. The Hall–Kier alpha value is -2.14. The van der Waals surface area contributed by atoms with E-state index in [2.05, 4.69) is 45.8 Å². The first-order valence-electron chi connectivity index (χ1n) is 8.85. The van der Waals surface area contributed by atoms with Crippen molar-refractivity contribution in [3.63, 3.8) is 0 Å². The molecule has 1 aromatic rings. The fourth-order valence-corrected chi connectivity index (χ4v) is 5.43. The zero-order chi connectivity index (χ0) is 18.5. The van der Waals surface area contributed by atoms with Gasteiger partial charge >= 0.3 is 6.03 Å². The van der Waals surface area contributed by atoms with Gasteiger partial charge in [-0.1, -0.05) is 47.3 Å². The first-order valence-corrected chi connectivity index (χ1v) is 9.64. The summed E-state index contributed by atoms with van der Waals surface area (Å²) in [5.74, 6) is -0.235. The minimum Gasteiger partial charge on any atom is -0.319 e. The van der Waals surface area contributed by atoms with E-state index < -0.39 is 11.6 Å². The van der Waals surface area contributed by atoms with E-state index in [1.54, 1.807) is 0 Å². The van der Waals surface area contributed by atoms with Gasteiger partial charge in [-0.05, 0) is 66.5 Å². The van der Waals surface area contributed by atoms with Crippen molar-refractivity contribution in [3.8, 4) is 0 Å². The molecule has 2 spiro atoms. The highest BCUT2D eigenvalue weighted by Gasteiger charge is 2.65. The van der Waals surface area contributed by atoms with Gasteiger partial charge < -0.3 is 5.32 Å². The summed E-state index contributed by atoms with van der Waals surface area (Å²) >= 11 is 3.52. The second-order valence-corrected chi connectivity index (χ2v) is 8.29. The smallest absolute Gasteiger partial charge is 0.319 e. The van der Waals surface area contributed by atoms with E-state index in [9.17, 15) is 9.59 Å². The Morgan fingerprint density at radius 2 is 1.73 bits per heavy atom. The van der Waals surface area contributed by atoms with E-state index in [4.69, 9.17) is 0 Å². The van der Waals surface area contributed by atoms with Crippen molar-refractivity contribution < 1.29 is 9.59 Å². The quantitative estimate of drug-likeness (QED) is 0.712. The van der Waals surface area contributed by atoms with Crippen molar-refractivity contribution in [2.24, 2.45) is 5.41 Å². The number of rotatable bonds is 2. The number of fused-ring (bicyclic) bond motifs is 3. The predicted molar refractivity (Wildman–Crippen MR) is 105 cm³/mol. The van der Waals surface area contributed by atoms with Crippen molar-refractivity contribution in [2.75, 3.05) is 0 Å². The molecule has 1 fully saturated rings. The average molecular weight is 413 g/mol. The molecule has 26 heavy (non-hydrogen) atoms. The van der Waals surface area contributed by atoms with Crippen LogP contribution in [-0.4, -0.2) is 11.9 Å². The van der Waals surface area contributed by atoms with Gasteiger partial charge in [0, 0.05) is 9.89 Å². The van der Waals surface area contributed by atoms with E-state index >= 15 is 0 Å². The molecule has 3 amide bonds. The Morgan fingerprint density at radius 3 is 2.27 bits per heavy atom. The van der Waals surface area contributed by atoms with Gasteiger partial charge in [-0.25, -0.2) is 4.79 Å². The summed E-state index contributed by atoms with van der Waals surface area (Å²) in [5.41, 5.74) is 3.06. The van der Waals surface area contributed by atoms with Crippen LogP contribution in [0.3, 0.4) is 0 Å². The summed E-state index contributed by atoms with van der Waals surface area (Å²) in [5, 5.41) is 5.52. The fraction of sp³-hybridized carbons (Fsp3) is 0.333. The van der Waals surface area contributed by atoms with Gasteiger partial charge in [0.25, 0.3) is 5.91 Å². The summed E-state index contributed by atoms with van der Waals surface area (Å²) in [4.78, 5) is 25.3. The zero-order valence-corrected chi connectivity index (χ0v) is 16.1. The molecule has 5 heteroatoms. The van der Waals surface area contributed by atoms with Crippen molar-refractivity contribution in [3.05, 3.63) is 70.3 Å². The second kappa shape index (κ2) is 5.95. The molecule has 1 saturated heterocycles. The van der Waals surface area contributed by atoms with Gasteiger partial charge in [-0.2, -0.15) is 0 Å². The van der Waals surface area contributed by atoms with Gasteiger partial charge in [0.05, 0.1) is 0 Å². The first kappa shape index (κ1) is 17.3. The Morgan fingerprint density at radius 1 is 1.08 bits per heavy atom. The monoisotopic (exact) mass is 412 g/mol. The largest absolute Gasteiger partial charge is 0.322 e. The van der Waals surface area contributed by atoms with Crippen LogP contribution < -0.4 is 10.6 Å². The number of allylic oxidation sites excluding steroid dienone is 4. The lowest BCUT2D eigenvalue weighted by molar-refractivity contribution is -0.129. The summed E-state index contributed by atoms with van der Waals surface area (Å²) in [6.07, 6.45) is 7.84. The number of carbonyl (C=O) groups is 2. The molecule has 0 aromatic heterocycles. The summed E-state index contributed by atoms with van der Waals surface area (Å²) in [6, 6.07) is 5.64. The molecular formula is C21H21BrN2O2. The van der Waals surface area contributed by atoms with Crippen LogP contribution in [0.1, 0.15) is 36.8 Å². The molecule has 134 valence electrons. The van der Waals surface area contributed by atoms with E-state index in [0.29, 0.717) is 0 Å². The van der Waals surface area contributed by atoms with Crippen LogP contribution in [0.25, 0.3) is 0 Å². The number of amides is 3. The van der Waals surface area contributed by atoms with Crippen LogP contribution in [0, 0.1) is 5.41 Å². The Balaban J connectivity index is 1.87. The van der Waals surface area contributed by atoms with Crippen molar-refractivity contribution in [1.82, 2.24) is 10.6 Å². The molecule has 0 bridgehead atoms. The number of carbonyl (C=O) groups excluding carboxylic acids is 2. The highest BCUT2D eigenvalue weighted by atomic mass is 79.9.